The second-order valence-electron chi connectivity index (χ2n) is 5.27. The van der Waals surface area contributed by atoms with E-state index >= 15 is 0 Å². The van der Waals surface area contributed by atoms with Gasteiger partial charge >= 0.3 is 0 Å². The first kappa shape index (κ1) is 11.9. The molecule has 3 N–H and O–H groups in total. The van der Waals surface area contributed by atoms with Crippen LogP contribution in [0.15, 0.2) is 48.5 Å². The van der Waals surface area contributed by atoms with E-state index in [0.29, 0.717) is 0 Å². The molecule has 4 nitrogen and oxygen atoms in total. The van der Waals surface area contributed by atoms with E-state index in [1.54, 1.807) is 24.3 Å². The number of phenols is 2. The van der Waals surface area contributed by atoms with Crippen molar-refractivity contribution in [2.45, 2.75) is 0 Å². The maximum atomic E-state index is 9.64. The van der Waals surface area contributed by atoms with Gasteiger partial charge in [-0.15, -0.1) is 0 Å². The van der Waals surface area contributed by atoms with E-state index in [4.69, 9.17) is 0 Å². The van der Waals surface area contributed by atoms with Crippen molar-refractivity contribution in [3.8, 4) is 34.0 Å². The molecule has 0 saturated heterocycles. The van der Waals surface area contributed by atoms with Crippen LogP contribution in [0.5, 0.6) is 11.5 Å². The maximum Gasteiger partial charge on any atom is 0.116 e. The van der Waals surface area contributed by atoms with Gasteiger partial charge in [0.2, 0.25) is 0 Å². The topological polar surface area (TPSA) is 61.2 Å². The molecule has 0 fully saturated rings. The number of nitrogens with zero attached hydrogens (tertiary/aromatic N) is 1. The van der Waals surface area contributed by atoms with Crippen molar-refractivity contribution in [2.75, 3.05) is 0 Å². The number of fused-ring (bicyclic) bond motifs is 3. The van der Waals surface area contributed by atoms with Gasteiger partial charge in [0.15, 0.2) is 0 Å². The zero-order valence-electron chi connectivity index (χ0n) is 11.5. The lowest BCUT2D eigenvalue weighted by molar-refractivity contribution is 0.475. The van der Waals surface area contributed by atoms with Crippen molar-refractivity contribution >= 4 is 10.8 Å². The lowest BCUT2D eigenvalue weighted by Gasteiger charge is -1.99. The molecule has 0 unspecified atom stereocenters. The minimum Gasteiger partial charge on any atom is -0.508 e. The van der Waals surface area contributed by atoms with Crippen LogP contribution in [0.2, 0.25) is 0 Å². The average molecular weight is 278 g/mol. The molecule has 0 spiro atoms. The molecule has 104 valence electrons. The number of aromatic amines is 1. The fourth-order valence-electron chi connectivity index (χ4n) is 2.94. The Hall–Kier alpha value is -2.88. The quantitative estimate of drug-likeness (QED) is 0.497. The molecule has 0 atom stereocenters. The highest BCUT2D eigenvalue weighted by Gasteiger charge is 2.20. The van der Waals surface area contributed by atoms with Gasteiger partial charge in [0, 0.05) is 23.6 Å². The minimum absolute atomic E-state index is 0.253. The summed E-state index contributed by atoms with van der Waals surface area (Å²) in [7, 11) is 1.97. The highest BCUT2D eigenvalue weighted by Crippen LogP contribution is 2.41. The van der Waals surface area contributed by atoms with E-state index in [1.807, 2.05) is 29.9 Å². The standard InChI is InChI=1S/C17H14N2O2/c1-19-17-14-7-6-13(21)8-11(14)9-15(17)16(18-19)10-2-4-12(20)5-3-10/h2-9,18,20-21H,1H3. The number of rotatable bonds is 1. The molecule has 2 aromatic rings. The second kappa shape index (κ2) is 4.06. The molecule has 0 amide bonds. The molecule has 1 aliphatic heterocycles. The van der Waals surface area contributed by atoms with Crippen LogP contribution in [-0.2, 0) is 7.05 Å². The first-order chi connectivity index (χ1) is 10.1. The molecule has 2 aromatic carbocycles. The Balaban J connectivity index is 2.01. The van der Waals surface area contributed by atoms with E-state index < -0.39 is 0 Å². The number of benzene rings is 2. The SMILES string of the molecule is Cn1[nH]c(-c2ccc(O)cc2)c2cc3cc(O)ccc3c1-2. The van der Waals surface area contributed by atoms with Crippen LogP contribution in [0.3, 0.4) is 0 Å². The Morgan fingerprint density at radius 1 is 0.905 bits per heavy atom. The Kier molecular flexibility index (Phi) is 2.30. The molecule has 4 heteroatoms. The van der Waals surface area contributed by atoms with Crippen LogP contribution in [0, 0.1) is 0 Å². The summed E-state index contributed by atoms with van der Waals surface area (Å²) in [5.74, 6) is 0.525. The molecule has 1 aliphatic carbocycles. The predicted octanol–water partition coefficient (Wildman–Crippen LogP) is 3.69. The fourth-order valence-corrected chi connectivity index (χ4v) is 2.94. The Morgan fingerprint density at radius 3 is 2.38 bits per heavy atom. The number of phenolic OH excluding ortho intramolecular Hbond substituents is 2. The van der Waals surface area contributed by atoms with Crippen molar-refractivity contribution in [3.63, 3.8) is 0 Å². The number of aromatic nitrogens is 2. The van der Waals surface area contributed by atoms with Gasteiger partial charge < -0.3 is 10.2 Å². The van der Waals surface area contributed by atoms with Crippen molar-refractivity contribution in [2.24, 2.45) is 7.05 Å². The lowest BCUT2D eigenvalue weighted by atomic mass is 10.1. The van der Waals surface area contributed by atoms with Crippen LogP contribution >= 0.6 is 0 Å². The van der Waals surface area contributed by atoms with Crippen LogP contribution in [0.1, 0.15) is 0 Å². The van der Waals surface area contributed by atoms with E-state index in [2.05, 4.69) is 11.2 Å². The molecule has 0 radical (unpaired) electrons. The lowest BCUT2D eigenvalue weighted by Crippen LogP contribution is -1.90. The molecule has 1 heterocycles. The van der Waals surface area contributed by atoms with E-state index in [-0.39, 0.29) is 11.5 Å². The summed E-state index contributed by atoms with van der Waals surface area (Å²) in [6.45, 7) is 0. The third-order valence-corrected chi connectivity index (χ3v) is 3.89. The zero-order valence-corrected chi connectivity index (χ0v) is 11.5. The molecule has 0 aromatic heterocycles. The van der Waals surface area contributed by atoms with Gasteiger partial charge in [0.1, 0.15) is 11.5 Å². The van der Waals surface area contributed by atoms with Gasteiger partial charge in [-0.05, 0) is 53.9 Å². The average Bonchev–Trinajstić information content (AvgIpc) is 2.97. The molecule has 2 aliphatic rings. The second-order valence-corrected chi connectivity index (χ2v) is 5.27. The summed E-state index contributed by atoms with van der Waals surface area (Å²) in [5, 5.41) is 24.5. The maximum absolute atomic E-state index is 9.64. The Morgan fingerprint density at radius 2 is 1.62 bits per heavy atom. The monoisotopic (exact) mass is 278 g/mol. The highest BCUT2D eigenvalue weighted by atomic mass is 16.3. The summed E-state index contributed by atoms with van der Waals surface area (Å²) in [6, 6.07) is 14.6. The molecular formula is C17H14N2O2. The summed E-state index contributed by atoms with van der Waals surface area (Å²) in [6.07, 6.45) is 0. The van der Waals surface area contributed by atoms with Gasteiger partial charge in [-0.2, -0.15) is 0 Å². The minimum atomic E-state index is 0.253. The first-order valence-corrected chi connectivity index (χ1v) is 6.73. The van der Waals surface area contributed by atoms with E-state index in [9.17, 15) is 10.2 Å². The first-order valence-electron chi connectivity index (χ1n) is 6.73. The number of aromatic hydroxyl groups is 2. The van der Waals surface area contributed by atoms with Crippen molar-refractivity contribution < 1.29 is 10.2 Å². The third kappa shape index (κ3) is 1.69. The smallest absolute Gasteiger partial charge is 0.116 e. The van der Waals surface area contributed by atoms with Gasteiger partial charge in [0.05, 0.1) is 11.4 Å². The summed E-state index contributed by atoms with van der Waals surface area (Å²) < 4.78 is 1.98. The molecule has 4 rings (SSSR count). The van der Waals surface area contributed by atoms with Crippen LogP contribution in [-0.4, -0.2) is 20.0 Å². The number of aryl methyl sites for hydroxylation is 1. The van der Waals surface area contributed by atoms with Crippen LogP contribution in [0.4, 0.5) is 0 Å². The number of H-pyrrole nitrogens is 1. The van der Waals surface area contributed by atoms with Gasteiger partial charge in [-0.3, -0.25) is 9.78 Å². The summed E-state index contributed by atoms with van der Waals surface area (Å²) in [4.78, 5) is 0. The molecule has 0 saturated carbocycles. The van der Waals surface area contributed by atoms with Gasteiger partial charge in [-0.25, -0.2) is 0 Å². The predicted molar refractivity (Wildman–Crippen MR) is 82.7 cm³/mol. The van der Waals surface area contributed by atoms with Crippen molar-refractivity contribution in [3.05, 3.63) is 48.5 Å². The van der Waals surface area contributed by atoms with Crippen LogP contribution < -0.4 is 0 Å². The van der Waals surface area contributed by atoms with Crippen molar-refractivity contribution in [1.82, 2.24) is 9.78 Å². The van der Waals surface area contributed by atoms with Gasteiger partial charge in [-0.1, -0.05) is 0 Å². The number of nitrogens with one attached hydrogen (secondary N) is 1. The summed E-state index contributed by atoms with van der Waals surface area (Å²) in [5.41, 5.74) is 4.22. The number of hydrogen-bond donors (Lipinski definition) is 3. The van der Waals surface area contributed by atoms with Crippen LogP contribution in [0.25, 0.3) is 33.3 Å². The third-order valence-electron chi connectivity index (χ3n) is 3.89. The Bertz CT molecular complexity index is 916. The summed E-state index contributed by atoms with van der Waals surface area (Å²) >= 11 is 0. The molecule has 0 bridgehead atoms. The normalized spacial score (nSPS) is 11.5. The fraction of sp³-hybridized carbons (Fsp3) is 0.0588. The van der Waals surface area contributed by atoms with E-state index in [0.717, 1.165) is 33.3 Å². The highest BCUT2D eigenvalue weighted by molar-refractivity contribution is 6.05. The van der Waals surface area contributed by atoms with Crippen molar-refractivity contribution in [1.29, 1.82) is 0 Å². The Labute approximate surface area is 121 Å². The number of hydrogen-bond acceptors (Lipinski definition) is 2. The van der Waals surface area contributed by atoms with Gasteiger partial charge in [0.25, 0.3) is 0 Å². The van der Waals surface area contributed by atoms with E-state index in [1.165, 1.54) is 0 Å². The molecule has 21 heavy (non-hydrogen) atoms. The molecular weight excluding hydrogens is 264 g/mol. The largest absolute Gasteiger partial charge is 0.508 e. The zero-order chi connectivity index (χ0) is 14.6.